The second-order valence-corrected chi connectivity index (χ2v) is 6.46. The summed E-state index contributed by atoms with van der Waals surface area (Å²) in [6, 6.07) is 0. The second-order valence-electron chi connectivity index (χ2n) is 6.46. The van der Waals surface area contributed by atoms with E-state index in [2.05, 4.69) is 4.90 Å². The van der Waals surface area contributed by atoms with Crippen LogP contribution in [0.25, 0.3) is 0 Å². The Kier molecular flexibility index (Phi) is 6.15. The standard InChI is InChI=1S/C16H30N2O/c17-10-7-14-8-11-18(12-9-14)16(19)13-15-5-3-1-2-4-6-15/h14-15H,1-13,17H2. The molecule has 19 heavy (non-hydrogen) atoms. The number of amides is 1. The van der Waals surface area contributed by atoms with Crippen LogP contribution in [0, 0.1) is 11.8 Å². The van der Waals surface area contributed by atoms with Crippen LogP contribution in [0.4, 0.5) is 0 Å². The van der Waals surface area contributed by atoms with Crippen LogP contribution in [0.15, 0.2) is 0 Å². The third kappa shape index (κ3) is 4.79. The van der Waals surface area contributed by atoms with Crippen LogP contribution in [0.3, 0.4) is 0 Å². The lowest BCUT2D eigenvalue weighted by molar-refractivity contribution is -0.133. The summed E-state index contributed by atoms with van der Waals surface area (Å²) in [6.07, 6.45) is 12.2. The van der Waals surface area contributed by atoms with E-state index in [0.717, 1.165) is 51.2 Å². The number of likely N-dealkylation sites (tertiary alicyclic amines) is 1. The van der Waals surface area contributed by atoms with Gasteiger partial charge < -0.3 is 10.6 Å². The summed E-state index contributed by atoms with van der Waals surface area (Å²) in [5.41, 5.74) is 5.61. The van der Waals surface area contributed by atoms with Gasteiger partial charge in [-0.05, 0) is 50.5 Å². The molecule has 3 heteroatoms. The first-order chi connectivity index (χ1) is 9.29. The van der Waals surface area contributed by atoms with Gasteiger partial charge >= 0.3 is 0 Å². The molecule has 0 radical (unpaired) electrons. The molecule has 1 aliphatic carbocycles. The number of nitrogens with two attached hydrogens (primary N) is 1. The van der Waals surface area contributed by atoms with Crippen LogP contribution in [-0.2, 0) is 4.79 Å². The molecule has 1 amide bonds. The Morgan fingerprint density at radius 2 is 1.58 bits per heavy atom. The first kappa shape index (κ1) is 14.8. The Balaban J connectivity index is 1.71. The molecule has 0 aromatic rings. The van der Waals surface area contributed by atoms with Crippen molar-refractivity contribution < 1.29 is 4.79 Å². The topological polar surface area (TPSA) is 46.3 Å². The van der Waals surface area contributed by atoms with Crippen molar-refractivity contribution in [1.29, 1.82) is 0 Å². The second kappa shape index (κ2) is 7.88. The van der Waals surface area contributed by atoms with E-state index in [1.54, 1.807) is 0 Å². The average Bonchev–Trinajstić information content (AvgIpc) is 2.68. The maximum Gasteiger partial charge on any atom is 0.222 e. The highest BCUT2D eigenvalue weighted by Gasteiger charge is 2.24. The lowest BCUT2D eigenvalue weighted by atomic mass is 9.92. The zero-order valence-electron chi connectivity index (χ0n) is 12.3. The van der Waals surface area contributed by atoms with Gasteiger partial charge in [0.15, 0.2) is 0 Å². The third-order valence-electron chi connectivity index (χ3n) is 4.98. The maximum absolute atomic E-state index is 12.3. The molecule has 1 aliphatic heterocycles. The average molecular weight is 266 g/mol. The zero-order chi connectivity index (χ0) is 13.5. The number of carbonyl (C=O) groups excluding carboxylic acids is 1. The first-order valence-electron chi connectivity index (χ1n) is 8.27. The van der Waals surface area contributed by atoms with E-state index in [0.29, 0.717) is 11.8 Å². The van der Waals surface area contributed by atoms with Gasteiger partial charge in [-0.15, -0.1) is 0 Å². The largest absolute Gasteiger partial charge is 0.343 e. The normalized spacial score (nSPS) is 23.3. The van der Waals surface area contributed by atoms with Crippen molar-refractivity contribution in [1.82, 2.24) is 4.90 Å². The van der Waals surface area contributed by atoms with E-state index < -0.39 is 0 Å². The van der Waals surface area contributed by atoms with E-state index >= 15 is 0 Å². The minimum Gasteiger partial charge on any atom is -0.343 e. The van der Waals surface area contributed by atoms with Gasteiger partial charge in [-0.3, -0.25) is 4.79 Å². The number of carbonyl (C=O) groups is 1. The number of rotatable bonds is 4. The molecule has 110 valence electrons. The fourth-order valence-corrected chi connectivity index (χ4v) is 3.65. The van der Waals surface area contributed by atoms with E-state index in [1.807, 2.05) is 0 Å². The van der Waals surface area contributed by atoms with Crippen LogP contribution in [-0.4, -0.2) is 30.4 Å². The summed E-state index contributed by atoms with van der Waals surface area (Å²) in [6.45, 7) is 2.73. The first-order valence-corrected chi connectivity index (χ1v) is 8.27. The summed E-state index contributed by atoms with van der Waals surface area (Å²) in [4.78, 5) is 14.5. The Bertz CT molecular complexity index is 264. The molecular formula is C16H30N2O. The quantitative estimate of drug-likeness (QED) is 0.795. The summed E-state index contributed by atoms with van der Waals surface area (Å²) < 4.78 is 0. The molecule has 2 N–H and O–H groups in total. The zero-order valence-corrected chi connectivity index (χ0v) is 12.3. The van der Waals surface area contributed by atoms with Gasteiger partial charge in [-0.25, -0.2) is 0 Å². The minimum atomic E-state index is 0.415. The smallest absolute Gasteiger partial charge is 0.222 e. The molecule has 1 heterocycles. The molecule has 0 spiro atoms. The molecule has 1 saturated carbocycles. The van der Waals surface area contributed by atoms with Crippen molar-refractivity contribution in [3.05, 3.63) is 0 Å². The summed E-state index contributed by atoms with van der Waals surface area (Å²) in [5, 5.41) is 0. The minimum absolute atomic E-state index is 0.415. The highest BCUT2D eigenvalue weighted by atomic mass is 16.2. The molecular weight excluding hydrogens is 236 g/mol. The highest BCUT2D eigenvalue weighted by molar-refractivity contribution is 5.76. The number of nitrogens with zero attached hydrogens (tertiary/aromatic N) is 1. The van der Waals surface area contributed by atoms with Crippen molar-refractivity contribution in [3.8, 4) is 0 Å². The van der Waals surface area contributed by atoms with E-state index in [-0.39, 0.29) is 0 Å². The van der Waals surface area contributed by atoms with Crippen molar-refractivity contribution in [2.45, 2.75) is 64.2 Å². The summed E-state index contributed by atoms with van der Waals surface area (Å²) in [7, 11) is 0. The van der Waals surface area contributed by atoms with Crippen LogP contribution in [0.5, 0.6) is 0 Å². The van der Waals surface area contributed by atoms with Crippen molar-refractivity contribution in [3.63, 3.8) is 0 Å². The molecule has 2 fully saturated rings. The lowest BCUT2D eigenvalue weighted by Gasteiger charge is -2.32. The Morgan fingerprint density at radius 3 is 2.16 bits per heavy atom. The van der Waals surface area contributed by atoms with Gasteiger partial charge in [0.25, 0.3) is 0 Å². The SMILES string of the molecule is NCCC1CCN(C(=O)CC2CCCCCC2)CC1. The van der Waals surface area contributed by atoms with E-state index in [4.69, 9.17) is 5.73 Å². The predicted molar refractivity (Wildman–Crippen MR) is 78.8 cm³/mol. The van der Waals surface area contributed by atoms with Gasteiger partial charge in [-0.2, -0.15) is 0 Å². The molecule has 0 aromatic carbocycles. The molecule has 0 bridgehead atoms. The van der Waals surface area contributed by atoms with Crippen molar-refractivity contribution in [2.24, 2.45) is 17.6 Å². The number of hydrogen-bond donors (Lipinski definition) is 1. The maximum atomic E-state index is 12.3. The Morgan fingerprint density at radius 1 is 0.947 bits per heavy atom. The Hall–Kier alpha value is -0.570. The fraction of sp³-hybridized carbons (Fsp3) is 0.938. The third-order valence-corrected chi connectivity index (χ3v) is 4.98. The van der Waals surface area contributed by atoms with E-state index in [1.165, 1.54) is 38.5 Å². The van der Waals surface area contributed by atoms with Gasteiger partial charge in [0.2, 0.25) is 5.91 Å². The molecule has 3 nitrogen and oxygen atoms in total. The van der Waals surface area contributed by atoms with Gasteiger partial charge in [0, 0.05) is 19.5 Å². The number of piperidine rings is 1. The van der Waals surface area contributed by atoms with Crippen LogP contribution < -0.4 is 5.73 Å². The summed E-state index contributed by atoms with van der Waals surface area (Å²) >= 11 is 0. The molecule has 0 aromatic heterocycles. The predicted octanol–water partition coefficient (Wildman–Crippen LogP) is 2.93. The van der Waals surface area contributed by atoms with Gasteiger partial charge in [0.05, 0.1) is 0 Å². The Labute approximate surface area is 117 Å². The molecule has 1 saturated heterocycles. The molecule has 0 atom stereocenters. The van der Waals surface area contributed by atoms with Gasteiger partial charge in [-0.1, -0.05) is 25.7 Å². The van der Waals surface area contributed by atoms with Crippen molar-refractivity contribution >= 4 is 5.91 Å². The van der Waals surface area contributed by atoms with Crippen LogP contribution in [0.2, 0.25) is 0 Å². The molecule has 2 rings (SSSR count). The highest BCUT2D eigenvalue weighted by Crippen LogP contribution is 2.27. The van der Waals surface area contributed by atoms with Crippen LogP contribution >= 0.6 is 0 Å². The summed E-state index contributed by atoms with van der Waals surface area (Å²) in [5.74, 6) is 1.83. The van der Waals surface area contributed by atoms with Crippen molar-refractivity contribution in [2.75, 3.05) is 19.6 Å². The molecule has 0 unspecified atom stereocenters. The van der Waals surface area contributed by atoms with Gasteiger partial charge in [0.1, 0.15) is 0 Å². The number of hydrogen-bond acceptors (Lipinski definition) is 2. The lowest BCUT2D eigenvalue weighted by Crippen LogP contribution is -2.39. The van der Waals surface area contributed by atoms with Crippen LogP contribution in [0.1, 0.15) is 64.2 Å². The monoisotopic (exact) mass is 266 g/mol. The van der Waals surface area contributed by atoms with E-state index in [9.17, 15) is 4.79 Å². The fourth-order valence-electron chi connectivity index (χ4n) is 3.65. The molecule has 2 aliphatic rings.